The predicted molar refractivity (Wildman–Crippen MR) is 250 cm³/mol. The Hall–Kier alpha value is -7.30. The molecule has 1 spiro atoms. The van der Waals surface area contributed by atoms with E-state index in [1.54, 1.807) is 0 Å². The molecule has 0 fully saturated rings. The van der Waals surface area contributed by atoms with Gasteiger partial charge < -0.3 is 5.73 Å². The van der Waals surface area contributed by atoms with Gasteiger partial charge in [0.05, 0.1) is 10.8 Å². The van der Waals surface area contributed by atoms with Crippen molar-refractivity contribution in [2.24, 2.45) is 11.7 Å². The van der Waals surface area contributed by atoms with Gasteiger partial charge in [-0.2, -0.15) is 0 Å². The quantitative estimate of drug-likeness (QED) is 0.0926. The zero-order valence-corrected chi connectivity index (χ0v) is 33.5. The van der Waals surface area contributed by atoms with Gasteiger partial charge >= 0.3 is 0 Å². The molecule has 9 aromatic carbocycles. The van der Waals surface area contributed by atoms with Crippen molar-refractivity contribution in [1.29, 1.82) is 0 Å². The first kappa shape index (κ1) is 38.2. The number of hydrazine groups is 1. The van der Waals surface area contributed by atoms with E-state index in [0.717, 1.165) is 12.1 Å². The fourth-order valence-corrected chi connectivity index (χ4v) is 9.93. The molecule has 2 aliphatic rings. The number of nitrogens with two attached hydrogens (primary N) is 3. The maximum Gasteiger partial charge on any atom is 0.0720 e. The molecule has 3 nitrogen and oxygen atoms in total. The van der Waals surface area contributed by atoms with E-state index in [9.17, 15) is 0 Å². The van der Waals surface area contributed by atoms with Crippen LogP contribution in [0.15, 0.2) is 237 Å². The topological polar surface area (TPSA) is 78.1 Å². The van der Waals surface area contributed by atoms with Gasteiger partial charge in [0.2, 0.25) is 0 Å². The van der Waals surface area contributed by atoms with Gasteiger partial charge in [0.15, 0.2) is 0 Å². The first-order valence-electron chi connectivity index (χ1n) is 20.5. The molecule has 11 rings (SSSR count). The summed E-state index contributed by atoms with van der Waals surface area (Å²) in [5, 5.41) is 0. The van der Waals surface area contributed by atoms with Gasteiger partial charge in [-0.1, -0.05) is 224 Å². The molecule has 0 heterocycles. The van der Waals surface area contributed by atoms with Gasteiger partial charge in [-0.15, -0.1) is 0 Å². The van der Waals surface area contributed by atoms with Crippen LogP contribution in [-0.4, -0.2) is 0 Å². The molecule has 0 saturated carbocycles. The third kappa shape index (κ3) is 6.33. The molecule has 0 atom stereocenters. The highest BCUT2D eigenvalue weighted by atomic mass is 15.0. The molecular formula is C57H47N3. The molecule has 3 heteroatoms. The zero-order valence-electron chi connectivity index (χ0n) is 33.5. The third-order valence-corrected chi connectivity index (χ3v) is 12.2. The van der Waals surface area contributed by atoms with Crippen LogP contribution in [0.3, 0.4) is 0 Å². The van der Waals surface area contributed by atoms with Crippen molar-refractivity contribution >= 4 is 5.69 Å². The van der Waals surface area contributed by atoms with Crippen LogP contribution in [-0.2, 0) is 17.3 Å². The Morgan fingerprint density at radius 2 is 0.717 bits per heavy atom. The van der Waals surface area contributed by atoms with Gasteiger partial charge in [-0.3, -0.25) is 11.7 Å². The summed E-state index contributed by atoms with van der Waals surface area (Å²) in [4.78, 5) is 0. The molecule has 0 aliphatic heterocycles. The number of hydrogen-bond donors (Lipinski definition) is 3. The Labute approximate surface area is 353 Å². The van der Waals surface area contributed by atoms with Gasteiger partial charge in [-0.25, -0.2) is 0 Å². The minimum Gasteiger partial charge on any atom is -0.399 e. The van der Waals surface area contributed by atoms with E-state index in [1.165, 1.54) is 77.9 Å². The van der Waals surface area contributed by atoms with Crippen molar-refractivity contribution in [2.75, 3.05) is 5.73 Å². The Morgan fingerprint density at radius 1 is 0.300 bits per heavy atom. The third-order valence-electron chi connectivity index (χ3n) is 12.2. The molecule has 60 heavy (non-hydrogen) atoms. The van der Waals surface area contributed by atoms with E-state index < -0.39 is 10.8 Å². The first-order chi connectivity index (χ1) is 29.7. The largest absolute Gasteiger partial charge is 0.399 e. The maximum absolute atomic E-state index is 6.53. The highest BCUT2D eigenvalue weighted by Gasteiger charge is 2.56. The number of nitrogen functional groups attached to an aromatic ring is 1. The average molecular weight is 774 g/mol. The number of hydrogen-bond acceptors (Lipinski definition) is 3. The van der Waals surface area contributed by atoms with Crippen LogP contribution in [0.4, 0.5) is 5.69 Å². The average Bonchev–Trinajstić information content (AvgIpc) is 3.61. The predicted octanol–water partition coefficient (Wildman–Crippen LogP) is 12.1. The van der Waals surface area contributed by atoms with Crippen LogP contribution in [0, 0.1) is 0 Å². The minimum absolute atomic E-state index is 0.471. The van der Waals surface area contributed by atoms with E-state index in [1.807, 2.05) is 6.07 Å². The lowest BCUT2D eigenvalue weighted by molar-refractivity contribution is 0.624. The smallest absolute Gasteiger partial charge is 0.0720 e. The number of benzene rings is 9. The summed E-state index contributed by atoms with van der Waals surface area (Å²) in [6.45, 7) is 0. The summed E-state index contributed by atoms with van der Waals surface area (Å²) in [5.74, 6) is 8.00. The molecule has 0 saturated heterocycles. The lowest BCUT2D eigenvalue weighted by Crippen LogP contribution is -2.44. The Bertz CT molecular complexity index is 2780. The van der Waals surface area contributed by atoms with Crippen molar-refractivity contribution in [1.82, 2.24) is 0 Å². The van der Waals surface area contributed by atoms with Crippen LogP contribution in [0.1, 0.15) is 55.6 Å². The fourth-order valence-electron chi connectivity index (χ4n) is 9.93. The Morgan fingerprint density at radius 3 is 1.28 bits per heavy atom. The molecule has 0 amide bonds. The molecule has 290 valence electrons. The number of anilines is 1. The van der Waals surface area contributed by atoms with Gasteiger partial charge in [-0.05, 0) is 96.4 Å². The number of rotatable bonds is 5. The fraction of sp³-hybridized carbons (Fsp3) is 0.0526. The minimum atomic E-state index is -0.473. The van der Waals surface area contributed by atoms with Crippen LogP contribution in [0.25, 0.3) is 22.3 Å². The second kappa shape index (κ2) is 16.5. The number of fused-ring (bicyclic) bond motifs is 9. The summed E-state index contributed by atoms with van der Waals surface area (Å²) < 4.78 is 0. The zero-order chi connectivity index (χ0) is 40.9. The van der Waals surface area contributed by atoms with Gasteiger partial charge in [0, 0.05) is 5.69 Å². The standard InChI is InChI=1S/C38H27N.C19H16.H4N2/c39-28-23-24-30-29-17-7-8-18-31(29)38(36(30)25-28)34-21-11-9-19-32(34)37(26-13-3-1-4-14-26,27-15-5-2-6-16-27)33-20-10-12-22-35(33)38;1-3-8-16(9-4-1)14-17-10-7-13-19(15-17)18-11-5-2-6-12-18;1-2/h1-25H,39H2;1-13,15H,14H2;1-2H2. The summed E-state index contributed by atoms with van der Waals surface area (Å²) in [6.07, 6.45) is 0.988. The van der Waals surface area contributed by atoms with Crippen molar-refractivity contribution in [2.45, 2.75) is 17.3 Å². The van der Waals surface area contributed by atoms with E-state index in [-0.39, 0.29) is 0 Å². The lowest BCUT2D eigenvalue weighted by atomic mass is 9.51. The van der Waals surface area contributed by atoms with E-state index in [4.69, 9.17) is 5.73 Å². The summed E-state index contributed by atoms with van der Waals surface area (Å²) in [6, 6.07) is 85.5. The van der Waals surface area contributed by atoms with Crippen LogP contribution in [0.5, 0.6) is 0 Å². The lowest BCUT2D eigenvalue weighted by Gasteiger charge is -2.50. The molecule has 0 unspecified atom stereocenters. The van der Waals surface area contributed by atoms with E-state index in [2.05, 4.69) is 242 Å². The Kier molecular flexibility index (Phi) is 10.5. The van der Waals surface area contributed by atoms with Gasteiger partial charge in [0.25, 0.3) is 0 Å². The van der Waals surface area contributed by atoms with E-state index >= 15 is 0 Å². The molecule has 9 aromatic rings. The second-order valence-electron chi connectivity index (χ2n) is 15.4. The van der Waals surface area contributed by atoms with E-state index in [0.29, 0.717) is 0 Å². The van der Waals surface area contributed by atoms with Crippen molar-refractivity contribution < 1.29 is 0 Å². The monoisotopic (exact) mass is 773 g/mol. The SMILES string of the molecule is NN.Nc1ccc2c(c1)C1(c3ccccc3-2)c2ccccc2C(c2ccccc2)(c2ccccc2)c2ccccc21.c1ccc(Cc2cccc(-c3ccccc3)c2)cc1. The molecule has 0 bridgehead atoms. The molecular weight excluding hydrogens is 727 g/mol. The van der Waals surface area contributed by atoms with Gasteiger partial charge in [0.1, 0.15) is 0 Å². The molecule has 6 N–H and O–H groups in total. The highest BCUT2D eigenvalue weighted by Crippen LogP contribution is 2.64. The molecule has 2 aliphatic carbocycles. The molecule has 0 aromatic heterocycles. The normalized spacial score (nSPS) is 13.2. The van der Waals surface area contributed by atoms with Crippen LogP contribution >= 0.6 is 0 Å². The Balaban J connectivity index is 0.000000185. The van der Waals surface area contributed by atoms with Crippen molar-refractivity contribution in [3.8, 4) is 22.3 Å². The van der Waals surface area contributed by atoms with Crippen LogP contribution < -0.4 is 17.4 Å². The summed E-state index contributed by atoms with van der Waals surface area (Å²) in [7, 11) is 0. The van der Waals surface area contributed by atoms with Crippen molar-refractivity contribution in [3.05, 3.63) is 292 Å². The first-order valence-corrected chi connectivity index (χ1v) is 20.5. The van der Waals surface area contributed by atoms with Crippen molar-refractivity contribution in [3.63, 3.8) is 0 Å². The van der Waals surface area contributed by atoms with Crippen LogP contribution in [0.2, 0.25) is 0 Å². The summed E-state index contributed by atoms with van der Waals surface area (Å²) >= 11 is 0. The molecule has 0 radical (unpaired) electrons. The highest BCUT2D eigenvalue weighted by molar-refractivity contribution is 5.90. The maximum atomic E-state index is 6.53. The second-order valence-corrected chi connectivity index (χ2v) is 15.4. The summed E-state index contributed by atoms with van der Waals surface area (Å²) in [5.41, 5.74) is 24.6.